The fourth-order valence-corrected chi connectivity index (χ4v) is 5.69. The Labute approximate surface area is 210 Å². The largest absolute Gasteiger partial charge is 0.496 e. The van der Waals surface area contributed by atoms with Crippen molar-refractivity contribution in [1.29, 1.82) is 0 Å². The maximum Gasteiger partial charge on any atom is 0.257 e. The fraction of sp³-hybridized carbons (Fsp3) is 0.429. The second kappa shape index (κ2) is 9.41. The molecule has 1 aliphatic heterocycles. The first-order valence-corrected chi connectivity index (χ1v) is 13.0. The van der Waals surface area contributed by atoms with Crippen LogP contribution in [0.25, 0.3) is 16.6 Å². The Morgan fingerprint density at radius 3 is 2.53 bits per heavy atom. The lowest BCUT2D eigenvalue weighted by Gasteiger charge is -2.36. The molecular weight excluding hydrogens is 452 g/mol. The van der Waals surface area contributed by atoms with Crippen LogP contribution in [0.1, 0.15) is 59.8 Å². The zero-order valence-electron chi connectivity index (χ0n) is 21.0. The second-order valence-electron chi connectivity index (χ2n) is 9.96. The van der Waals surface area contributed by atoms with E-state index < -0.39 is 0 Å². The van der Waals surface area contributed by atoms with E-state index >= 15 is 0 Å². The lowest BCUT2D eigenvalue weighted by Crippen LogP contribution is -2.49. The minimum Gasteiger partial charge on any atom is -0.496 e. The number of benzene rings is 2. The van der Waals surface area contributed by atoms with Crippen LogP contribution in [0.5, 0.6) is 5.75 Å². The first-order chi connectivity index (χ1) is 17.6. The predicted octanol–water partition coefficient (Wildman–Crippen LogP) is 4.60. The van der Waals surface area contributed by atoms with Crippen LogP contribution in [0.4, 0.5) is 5.95 Å². The highest BCUT2D eigenvalue weighted by atomic mass is 16.5. The summed E-state index contributed by atoms with van der Waals surface area (Å²) in [6.07, 6.45) is 6.06. The third-order valence-electron chi connectivity index (χ3n) is 7.66. The average Bonchev–Trinajstić information content (AvgIpc) is 3.38. The highest BCUT2D eigenvalue weighted by molar-refractivity contribution is 5.97. The van der Waals surface area contributed by atoms with Crippen LogP contribution < -0.4 is 9.64 Å². The van der Waals surface area contributed by atoms with E-state index in [1.807, 2.05) is 29.2 Å². The van der Waals surface area contributed by atoms with Crippen LogP contribution >= 0.6 is 0 Å². The summed E-state index contributed by atoms with van der Waals surface area (Å²) in [5, 5.41) is 10.5. The van der Waals surface area contributed by atoms with E-state index in [1.54, 1.807) is 7.11 Å². The van der Waals surface area contributed by atoms with Gasteiger partial charge in [-0.15, -0.1) is 10.2 Å². The first kappa shape index (κ1) is 22.8. The van der Waals surface area contributed by atoms with Crippen molar-refractivity contribution in [1.82, 2.24) is 24.5 Å². The number of amides is 1. The summed E-state index contributed by atoms with van der Waals surface area (Å²) < 4.78 is 7.63. The molecule has 0 bridgehead atoms. The number of para-hydroxylation sites is 1. The number of hydrogen-bond acceptors (Lipinski definition) is 6. The quantitative estimate of drug-likeness (QED) is 0.421. The zero-order valence-corrected chi connectivity index (χ0v) is 21.0. The van der Waals surface area contributed by atoms with Gasteiger partial charge in [0.2, 0.25) is 5.95 Å². The van der Waals surface area contributed by atoms with E-state index in [1.165, 1.54) is 24.8 Å². The molecule has 0 atom stereocenters. The molecule has 2 fully saturated rings. The minimum atomic E-state index is 0.00591. The van der Waals surface area contributed by atoms with Crippen molar-refractivity contribution in [3.8, 4) is 5.75 Å². The SMILES string of the molecule is COc1ccccc1C(=O)N1CCN(c2nc3ccc(C)cc3c3nnc(C4CCCCC4)n23)CC1. The predicted molar refractivity (Wildman–Crippen MR) is 140 cm³/mol. The number of aryl methyl sites for hydroxylation is 1. The lowest BCUT2D eigenvalue weighted by atomic mass is 9.89. The third-order valence-corrected chi connectivity index (χ3v) is 7.66. The number of ether oxygens (including phenoxy) is 1. The third kappa shape index (κ3) is 3.94. The van der Waals surface area contributed by atoms with Crippen LogP contribution in [0.2, 0.25) is 0 Å². The first-order valence-electron chi connectivity index (χ1n) is 13.0. The van der Waals surface area contributed by atoms with Crippen LogP contribution in [0.15, 0.2) is 42.5 Å². The van der Waals surface area contributed by atoms with Gasteiger partial charge in [-0.1, -0.05) is 43.0 Å². The Hall–Kier alpha value is -3.68. The molecule has 1 saturated heterocycles. The Morgan fingerprint density at radius 1 is 0.972 bits per heavy atom. The Bertz CT molecular complexity index is 1420. The van der Waals surface area contributed by atoms with Crippen molar-refractivity contribution < 1.29 is 9.53 Å². The molecule has 8 heteroatoms. The maximum absolute atomic E-state index is 13.2. The van der Waals surface area contributed by atoms with Crippen molar-refractivity contribution >= 4 is 28.4 Å². The van der Waals surface area contributed by atoms with Gasteiger partial charge in [0.25, 0.3) is 5.91 Å². The summed E-state index contributed by atoms with van der Waals surface area (Å²) in [7, 11) is 1.60. The number of fused-ring (bicyclic) bond motifs is 3. The zero-order chi connectivity index (χ0) is 24.6. The lowest BCUT2D eigenvalue weighted by molar-refractivity contribution is 0.0742. The molecule has 3 heterocycles. The Balaban J connectivity index is 1.35. The number of carbonyl (C=O) groups excluding carboxylic acids is 1. The molecule has 2 aromatic carbocycles. The summed E-state index contributed by atoms with van der Waals surface area (Å²) in [5.74, 6) is 2.94. The van der Waals surface area contributed by atoms with Crippen LogP contribution in [0, 0.1) is 6.92 Å². The van der Waals surface area contributed by atoms with Gasteiger partial charge in [0, 0.05) is 37.5 Å². The number of methoxy groups -OCH3 is 1. The Morgan fingerprint density at radius 2 is 1.75 bits per heavy atom. The van der Waals surface area contributed by atoms with Gasteiger partial charge in [-0.3, -0.25) is 4.79 Å². The van der Waals surface area contributed by atoms with Crippen molar-refractivity contribution in [2.75, 3.05) is 38.2 Å². The summed E-state index contributed by atoms with van der Waals surface area (Å²) in [6, 6.07) is 13.8. The summed E-state index contributed by atoms with van der Waals surface area (Å²) >= 11 is 0. The Kier molecular flexibility index (Phi) is 5.95. The monoisotopic (exact) mass is 484 g/mol. The maximum atomic E-state index is 13.2. The second-order valence-corrected chi connectivity index (χ2v) is 9.96. The van der Waals surface area contributed by atoms with Gasteiger partial charge in [-0.2, -0.15) is 0 Å². The number of hydrogen-bond donors (Lipinski definition) is 0. The molecule has 1 aliphatic carbocycles. The molecule has 2 aromatic heterocycles. The van der Waals surface area contributed by atoms with Gasteiger partial charge in [-0.25, -0.2) is 9.38 Å². The molecule has 0 spiro atoms. The number of piperazine rings is 1. The summed E-state index contributed by atoms with van der Waals surface area (Å²) in [6.45, 7) is 4.73. The molecule has 0 N–H and O–H groups in total. The fourth-order valence-electron chi connectivity index (χ4n) is 5.69. The van der Waals surface area contributed by atoms with Crippen LogP contribution in [-0.4, -0.2) is 63.7 Å². The number of nitrogens with zero attached hydrogens (tertiary/aromatic N) is 6. The van der Waals surface area contributed by atoms with Gasteiger partial charge in [0.05, 0.1) is 18.2 Å². The average molecular weight is 485 g/mol. The van der Waals surface area contributed by atoms with Gasteiger partial charge in [0.15, 0.2) is 5.65 Å². The van der Waals surface area contributed by atoms with Crippen molar-refractivity contribution in [3.63, 3.8) is 0 Å². The van der Waals surface area contributed by atoms with Crippen LogP contribution in [0.3, 0.4) is 0 Å². The summed E-state index contributed by atoms with van der Waals surface area (Å²) in [5.41, 5.74) is 3.60. The van der Waals surface area contributed by atoms with Gasteiger partial charge < -0.3 is 14.5 Å². The van der Waals surface area contributed by atoms with E-state index in [0.29, 0.717) is 43.4 Å². The smallest absolute Gasteiger partial charge is 0.257 e. The molecular formula is C28H32N6O2. The number of carbonyl (C=O) groups is 1. The molecule has 0 unspecified atom stereocenters. The molecule has 6 rings (SSSR count). The minimum absolute atomic E-state index is 0.00591. The molecule has 4 aromatic rings. The highest BCUT2D eigenvalue weighted by Crippen LogP contribution is 2.35. The number of aromatic nitrogens is 4. The number of rotatable bonds is 4. The van der Waals surface area contributed by atoms with Gasteiger partial charge >= 0.3 is 0 Å². The summed E-state index contributed by atoms with van der Waals surface area (Å²) in [4.78, 5) is 22.6. The van der Waals surface area contributed by atoms with E-state index in [-0.39, 0.29) is 5.91 Å². The van der Waals surface area contributed by atoms with Crippen LogP contribution in [-0.2, 0) is 0 Å². The van der Waals surface area contributed by atoms with Crippen molar-refractivity contribution in [3.05, 3.63) is 59.4 Å². The van der Waals surface area contributed by atoms with E-state index in [4.69, 9.17) is 14.8 Å². The highest BCUT2D eigenvalue weighted by Gasteiger charge is 2.29. The normalized spacial score (nSPS) is 17.2. The van der Waals surface area contributed by atoms with Crippen molar-refractivity contribution in [2.24, 2.45) is 0 Å². The van der Waals surface area contributed by atoms with Gasteiger partial charge in [-0.05, 0) is 44.0 Å². The standard InChI is InChI=1S/C28H32N6O2/c1-19-12-13-23-22(18-19)26-31-30-25(20-8-4-3-5-9-20)34(26)28(29-23)33-16-14-32(15-17-33)27(35)21-10-6-7-11-24(21)36-2/h6-7,10-13,18,20H,3-5,8-9,14-17H2,1-2H3. The van der Waals surface area contributed by atoms with Crippen molar-refractivity contribution in [2.45, 2.75) is 44.9 Å². The van der Waals surface area contributed by atoms with E-state index in [9.17, 15) is 4.79 Å². The molecule has 1 saturated carbocycles. The number of anilines is 1. The van der Waals surface area contributed by atoms with Gasteiger partial charge in [0.1, 0.15) is 11.6 Å². The molecule has 0 radical (unpaired) electrons. The molecule has 186 valence electrons. The molecule has 36 heavy (non-hydrogen) atoms. The molecule has 2 aliphatic rings. The molecule has 8 nitrogen and oxygen atoms in total. The van der Waals surface area contributed by atoms with E-state index in [0.717, 1.165) is 41.2 Å². The van der Waals surface area contributed by atoms with E-state index in [2.05, 4.69) is 39.5 Å². The molecule has 1 amide bonds. The topological polar surface area (TPSA) is 75.9 Å².